The molecule has 0 fully saturated rings. The number of anilines is 2. The van der Waals surface area contributed by atoms with Crippen molar-refractivity contribution >= 4 is 38.1 Å². The minimum Gasteiger partial charge on any atom is -0.298 e. The van der Waals surface area contributed by atoms with Crippen LogP contribution in [0.1, 0.15) is 26.5 Å². The maximum absolute atomic E-state index is 13.9. The first-order valence-electron chi connectivity index (χ1n) is 8.30. The SMILES string of the molecule is Cc1nc(NC(=O)c2cccc(NS(C)(=O)=O)c2)sc1Cc1ccccc1F. The molecule has 0 bridgehead atoms. The van der Waals surface area contributed by atoms with E-state index in [9.17, 15) is 17.6 Å². The summed E-state index contributed by atoms with van der Waals surface area (Å²) in [6.45, 7) is 1.80. The number of hydrogen-bond acceptors (Lipinski definition) is 5. The Morgan fingerprint density at radius 3 is 2.64 bits per heavy atom. The number of halogens is 1. The van der Waals surface area contributed by atoms with E-state index < -0.39 is 15.9 Å². The molecule has 0 aliphatic rings. The molecular formula is C19H18FN3O3S2. The number of hydrogen-bond donors (Lipinski definition) is 2. The van der Waals surface area contributed by atoms with Crippen molar-refractivity contribution in [3.05, 3.63) is 76.0 Å². The van der Waals surface area contributed by atoms with E-state index >= 15 is 0 Å². The molecule has 3 rings (SSSR count). The lowest BCUT2D eigenvalue weighted by Gasteiger charge is -2.06. The van der Waals surface area contributed by atoms with Crippen LogP contribution in [0.4, 0.5) is 15.2 Å². The smallest absolute Gasteiger partial charge is 0.257 e. The molecule has 1 aromatic heterocycles. The van der Waals surface area contributed by atoms with Crippen LogP contribution in [0, 0.1) is 12.7 Å². The maximum atomic E-state index is 13.9. The zero-order chi connectivity index (χ0) is 20.3. The minimum absolute atomic E-state index is 0.281. The van der Waals surface area contributed by atoms with E-state index in [0.717, 1.165) is 16.8 Å². The molecule has 1 heterocycles. The summed E-state index contributed by atoms with van der Waals surface area (Å²) in [5.74, 6) is -0.695. The van der Waals surface area contributed by atoms with Gasteiger partial charge in [0, 0.05) is 22.5 Å². The molecule has 0 saturated heterocycles. The fourth-order valence-corrected chi connectivity index (χ4v) is 4.10. The number of aromatic nitrogens is 1. The van der Waals surface area contributed by atoms with Gasteiger partial charge in [-0.3, -0.25) is 14.8 Å². The highest BCUT2D eigenvalue weighted by molar-refractivity contribution is 7.92. The van der Waals surface area contributed by atoms with Gasteiger partial charge in [0.15, 0.2) is 5.13 Å². The molecule has 0 aliphatic carbocycles. The summed E-state index contributed by atoms with van der Waals surface area (Å²) in [7, 11) is -3.44. The van der Waals surface area contributed by atoms with Crippen molar-refractivity contribution in [2.45, 2.75) is 13.3 Å². The van der Waals surface area contributed by atoms with Crippen LogP contribution in [0.3, 0.4) is 0 Å². The molecule has 28 heavy (non-hydrogen) atoms. The van der Waals surface area contributed by atoms with Crippen molar-refractivity contribution in [1.82, 2.24) is 4.98 Å². The van der Waals surface area contributed by atoms with E-state index in [-0.39, 0.29) is 11.4 Å². The predicted octanol–water partition coefficient (Wildman–Crippen LogP) is 3.81. The number of amides is 1. The number of carbonyl (C=O) groups is 1. The molecule has 9 heteroatoms. The second-order valence-electron chi connectivity index (χ2n) is 6.20. The van der Waals surface area contributed by atoms with Crippen molar-refractivity contribution < 1.29 is 17.6 Å². The highest BCUT2D eigenvalue weighted by Gasteiger charge is 2.14. The van der Waals surface area contributed by atoms with Gasteiger partial charge in [-0.05, 0) is 36.8 Å². The fraction of sp³-hybridized carbons (Fsp3) is 0.158. The molecule has 0 unspecified atom stereocenters. The molecule has 0 spiro atoms. The zero-order valence-corrected chi connectivity index (χ0v) is 16.8. The summed E-state index contributed by atoms with van der Waals surface area (Å²) in [6, 6.07) is 12.7. The molecule has 146 valence electrons. The van der Waals surface area contributed by atoms with E-state index in [0.29, 0.717) is 22.8 Å². The lowest BCUT2D eigenvalue weighted by Crippen LogP contribution is -2.13. The lowest BCUT2D eigenvalue weighted by molar-refractivity contribution is 0.102. The van der Waals surface area contributed by atoms with Crippen molar-refractivity contribution in [2.24, 2.45) is 0 Å². The van der Waals surface area contributed by atoms with Gasteiger partial charge in [0.25, 0.3) is 5.91 Å². The molecule has 0 aliphatic heterocycles. The number of benzene rings is 2. The first kappa shape index (κ1) is 20.0. The minimum atomic E-state index is -3.44. The van der Waals surface area contributed by atoms with Gasteiger partial charge in [-0.15, -0.1) is 11.3 Å². The Kier molecular flexibility index (Phi) is 5.76. The Morgan fingerprint density at radius 2 is 1.93 bits per heavy atom. The maximum Gasteiger partial charge on any atom is 0.257 e. The first-order chi connectivity index (χ1) is 13.2. The number of rotatable bonds is 6. The molecule has 0 atom stereocenters. The van der Waals surface area contributed by atoms with Crippen molar-refractivity contribution in [3.8, 4) is 0 Å². The third-order valence-corrected chi connectivity index (χ3v) is 5.53. The van der Waals surface area contributed by atoms with E-state index in [4.69, 9.17) is 0 Å². The molecule has 0 radical (unpaired) electrons. The molecule has 2 N–H and O–H groups in total. The summed E-state index contributed by atoms with van der Waals surface area (Å²) < 4.78 is 38.9. The first-order valence-corrected chi connectivity index (χ1v) is 11.0. The van der Waals surface area contributed by atoms with Crippen LogP contribution in [-0.4, -0.2) is 25.6 Å². The Bertz CT molecular complexity index is 1130. The summed E-state index contributed by atoms with van der Waals surface area (Å²) in [4.78, 5) is 17.7. The van der Waals surface area contributed by atoms with Gasteiger partial charge >= 0.3 is 0 Å². The topological polar surface area (TPSA) is 88.2 Å². The summed E-state index contributed by atoms with van der Waals surface area (Å²) in [6.07, 6.45) is 1.43. The van der Waals surface area contributed by atoms with Crippen LogP contribution in [-0.2, 0) is 16.4 Å². The van der Waals surface area contributed by atoms with Crippen LogP contribution in [0.15, 0.2) is 48.5 Å². The monoisotopic (exact) mass is 419 g/mol. The summed E-state index contributed by atoms with van der Waals surface area (Å²) in [5.41, 5.74) is 1.87. The molecule has 6 nitrogen and oxygen atoms in total. The van der Waals surface area contributed by atoms with Crippen LogP contribution in [0.2, 0.25) is 0 Å². The largest absolute Gasteiger partial charge is 0.298 e. The van der Waals surface area contributed by atoms with Crippen LogP contribution in [0.25, 0.3) is 0 Å². The Balaban J connectivity index is 1.75. The van der Waals surface area contributed by atoms with E-state index in [1.807, 2.05) is 0 Å². The van der Waals surface area contributed by atoms with Gasteiger partial charge in [0.05, 0.1) is 11.9 Å². The number of carbonyl (C=O) groups excluding carboxylic acids is 1. The fourth-order valence-electron chi connectivity index (χ4n) is 2.57. The van der Waals surface area contributed by atoms with Crippen LogP contribution in [0.5, 0.6) is 0 Å². The Labute approximate surface area is 166 Å². The van der Waals surface area contributed by atoms with Gasteiger partial charge in [-0.25, -0.2) is 17.8 Å². The van der Waals surface area contributed by atoms with Gasteiger partial charge in [0.2, 0.25) is 10.0 Å². The van der Waals surface area contributed by atoms with Gasteiger partial charge in [-0.2, -0.15) is 0 Å². The zero-order valence-electron chi connectivity index (χ0n) is 15.2. The number of thiazole rings is 1. The average molecular weight is 420 g/mol. The Hall–Kier alpha value is -2.78. The van der Waals surface area contributed by atoms with Crippen LogP contribution >= 0.6 is 11.3 Å². The number of nitrogens with zero attached hydrogens (tertiary/aromatic N) is 1. The summed E-state index contributed by atoms with van der Waals surface area (Å²) >= 11 is 1.28. The highest BCUT2D eigenvalue weighted by atomic mass is 32.2. The normalized spacial score (nSPS) is 11.2. The van der Waals surface area contributed by atoms with Crippen molar-refractivity contribution in [1.29, 1.82) is 0 Å². The van der Waals surface area contributed by atoms with E-state index in [1.165, 1.54) is 23.5 Å². The molecule has 2 aromatic carbocycles. The molecular weight excluding hydrogens is 401 g/mol. The third-order valence-electron chi connectivity index (χ3n) is 3.85. The standard InChI is InChI=1S/C19H18FN3O3S2/c1-12-17(11-13-6-3-4-9-16(13)20)27-19(21-12)22-18(24)14-7-5-8-15(10-14)23-28(2,25)26/h3-10,23H,11H2,1-2H3,(H,21,22,24). The number of aryl methyl sites for hydroxylation is 1. The van der Waals surface area contributed by atoms with Crippen LogP contribution < -0.4 is 10.0 Å². The van der Waals surface area contributed by atoms with E-state index in [2.05, 4.69) is 15.0 Å². The van der Waals surface area contributed by atoms with Crippen molar-refractivity contribution in [3.63, 3.8) is 0 Å². The number of sulfonamides is 1. The molecule has 3 aromatic rings. The second-order valence-corrected chi connectivity index (χ2v) is 9.04. The van der Waals surface area contributed by atoms with Crippen molar-refractivity contribution in [2.75, 3.05) is 16.3 Å². The molecule has 0 saturated carbocycles. The van der Waals surface area contributed by atoms with Gasteiger partial charge < -0.3 is 0 Å². The third kappa shape index (κ3) is 5.14. The highest BCUT2D eigenvalue weighted by Crippen LogP contribution is 2.26. The summed E-state index contributed by atoms with van der Waals surface area (Å²) in [5, 5.41) is 3.11. The predicted molar refractivity (Wildman–Crippen MR) is 109 cm³/mol. The Morgan fingerprint density at radius 1 is 1.18 bits per heavy atom. The quantitative estimate of drug-likeness (QED) is 0.636. The second kappa shape index (κ2) is 8.07. The molecule has 1 amide bonds. The van der Waals surface area contributed by atoms with E-state index in [1.54, 1.807) is 43.3 Å². The van der Waals surface area contributed by atoms with Gasteiger partial charge in [-0.1, -0.05) is 24.3 Å². The number of nitrogens with one attached hydrogen (secondary N) is 2. The average Bonchev–Trinajstić information content (AvgIpc) is 2.95. The lowest BCUT2D eigenvalue weighted by atomic mass is 10.1. The van der Waals surface area contributed by atoms with Gasteiger partial charge in [0.1, 0.15) is 5.82 Å².